The summed E-state index contributed by atoms with van der Waals surface area (Å²) in [6.07, 6.45) is 19.4. The first kappa shape index (κ1) is 27.4. The standard InChI is InChI=1S/C33H58N2/c1-23(2)25(18-21-34(6)7)11-10-24(3)29-14-15-30-28-13-12-26-22-27(35(8)9)16-19-32(26,4)31(28)17-20-33(29,30)5/h11,13,23-24,26-27,29-31H,10,12,14-22H2,1-9H3/t24-,26+,27-,29-,30+,31+,32+,33-/m1/s1. The van der Waals surface area contributed by atoms with E-state index in [1.165, 1.54) is 70.8 Å². The molecule has 8 atom stereocenters. The van der Waals surface area contributed by atoms with Crippen LogP contribution >= 0.6 is 0 Å². The molecule has 2 heteroatoms. The van der Waals surface area contributed by atoms with Gasteiger partial charge in [-0.3, -0.25) is 0 Å². The van der Waals surface area contributed by atoms with Crippen LogP contribution in [0, 0.1) is 46.3 Å². The lowest BCUT2D eigenvalue weighted by Crippen LogP contribution is -2.51. The van der Waals surface area contributed by atoms with E-state index in [1.807, 2.05) is 5.57 Å². The van der Waals surface area contributed by atoms with E-state index in [0.717, 1.165) is 35.6 Å². The molecule has 4 rings (SSSR count). The Labute approximate surface area is 219 Å². The minimum atomic E-state index is 0.529. The quantitative estimate of drug-likeness (QED) is 0.323. The van der Waals surface area contributed by atoms with Crippen LogP contribution in [0.5, 0.6) is 0 Å². The van der Waals surface area contributed by atoms with Gasteiger partial charge in [0.15, 0.2) is 0 Å². The maximum atomic E-state index is 2.79. The third-order valence-corrected chi connectivity index (χ3v) is 11.9. The molecule has 0 aromatic heterocycles. The number of hydrogen-bond acceptors (Lipinski definition) is 2. The van der Waals surface area contributed by atoms with Crippen molar-refractivity contribution in [1.82, 2.24) is 9.80 Å². The first-order chi connectivity index (χ1) is 16.5. The third kappa shape index (κ3) is 5.22. The normalized spacial score (nSPS) is 40.5. The number of nitrogens with zero attached hydrogens (tertiary/aromatic N) is 2. The number of fused-ring (bicyclic) bond motifs is 5. The molecular formula is C33H58N2. The van der Waals surface area contributed by atoms with E-state index in [2.05, 4.69) is 84.8 Å². The molecule has 3 saturated carbocycles. The summed E-state index contributed by atoms with van der Waals surface area (Å²) in [4.78, 5) is 4.83. The highest BCUT2D eigenvalue weighted by Crippen LogP contribution is 2.67. The molecule has 0 amide bonds. The summed E-state index contributed by atoms with van der Waals surface area (Å²) >= 11 is 0. The predicted octanol–water partition coefficient (Wildman–Crippen LogP) is 8.06. The number of hydrogen-bond donors (Lipinski definition) is 0. The average molecular weight is 483 g/mol. The smallest absolute Gasteiger partial charge is 0.00923 e. The van der Waals surface area contributed by atoms with Crippen LogP contribution in [0.25, 0.3) is 0 Å². The van der Waals surface area contributed by atoms with Gasteiger partial charge in [-0.25, -0.2) is 0 Å². The van der Waals surface area contributed by atoms with Gasteiger partial charge in [0, 0.05) is 12.6 Å². The topological polar surface area (TPSA) is 6.48 Å². The van der Waals surface area contributed by atoms with E-state index in [1.54, 1.807) is 5.57 Å². The van der Waals surface area contributed by atoms with Gasteiger partial charge in [-0.1, -0.05) is 57.9 Å². The molecule has 0 spiro atoms. The van der Waals surface area contributed by atoms with E-state index in [9.17, 15) is 0 Å². The van der Waals surface area contributed by atoms with E-state index in [-0.39, 0.29) is 0 Å². The number of rotatable bonds is 8. The van der Waals surface area contributed by atoms with E-state index in [4.69, 9.17) is 0 Å². The molecule has 4 aliphatic rings. The molecule has 200 valence electrons. The second kappa shape index (κ2) is 10.6. The van der Waals surface area contributed by atoms with Crippen molar-refractivity contribution in [2.75, 3.05) is 34.7 Å². The molecule has 0 radical (unpaired) electrons. The SMILES string of the molecule is CC(C)C(=CC[C@@H](C)[C@H]1CC[C@H]2C3=CC[C@H]4C[C@H](N(C)C)CC[C@]4(C)[C@H]3CC[C@]12C)CCN(C)C. The largest absolute Gasteiger partial charge is 0.309 e. The van der Waals surface area contributed by atoms with Gasteiger partial charge in [0.1, 0.15) is 0 Å². The van der Waals surface area contributed by atoms with Crippen molar-refractivity contribution in [3.63, 3.8) is 0 Å². The van der Waals surface area contributed by atoms with Crippen molar-refractivity contribution in [1.29, 1.82) is 0 Å². The second-order valence-electron chi connectivity index (χ2n) is 14.6. The van der Waals surface area contributed by atoms with Crippen molar-refractivity contribution in [2.24, 2.45) is 46.3 Å². The van der Waals surface area contributed by atoms with Gasteiger partial charge in [0.25, 0.3) is 0 Å². The maximum absolute atomic E-state index is 2.79. The zero-order valence-electron chi connectivity index (χ0n) is 24.9. The molecule has 0 unspecified atom stereocenters. The highest BCUT2D eigenvalue weighted by molar-refractivity contribution is 5.28. The van der Waals surface area contributed by atoms with Gasteiger partial charge in [-0.05, 0) is 139 Å². The van der Waals surface area contributed by atoms with Crippen molar-refractivity contribution < 1.29 is 0 Å². The molecule has 3 fully saturated rings. The van der Waals surface area contributed by atoms with Gasteiger partial charge < -0.3 is 9.80 Å². The first-order valence-corrected chi connectivity index (χ1v) is 15.2. The molecule has 0 N–H and O–H groups in total. The summed E-state index contributed by atoms with van der Waals surface area (Å²) in [6, 6.07) is 0.801. The van der Waals surface area contributed by atoms with Gasteiger partial charge in [0.2, 0.25) is 0 Å². The lowest BCUT2D eigenvalue weighted by Gasteiger charge is -2.58. The molecule has 0 aromatic rings. The van der Waals surface area contributed by atoms with Crippen LogP contribution in [0.15, 0.2) is 23.3 Å². The summed E-state index contributed by atoms with van der Waals surface area (Å²) in [5.41, 5.74) is 4.70. The summed E-state index contributed by atoms with van der Waals surface area (Å²) in [6.45, 7) is 13.9. The van der Waals surface area contributed by atoms with Gasteiger partial charge in [-0.2, -0.15) is 0 Å². The molecule has 0 heterocycles. The molecular weight excluding hydrogens is 424 g/mol. The Bertz CT molecular complexity index is 791. The fourth-order valence-electron chi connectivity index (χ4n) is 9.41. The van der Waals surface area contributed by atoms with Gasteiger partial charge in [-0.15, -0.1) is 0 Å². The number of allylic oxidation sites excluding steroid dienone is 3. The van der Waals surface area contributed by atoms with Crippen molar-refractivity contribution >= 4 is 0 Å². The molecule has 4 aliphatic carbocycles. The van der Waals surface area contributed by atoms with Crippen LogP contribution in [0.1, 0.15) is 98.8 Å². The molecule has 0 aromatic carbocycles. The summed E-state index contributed by atoms with van der Waals surface area (Å²) < 4.78 is 0. The minimum Gasteiger partial charge on any atom is -0.309 e. The second-order valence-corrected chi connectivity index (χ2v) is 14.6. The van der Waals surface area contributed by atoms with Crippen LogP contribution < -0.4 is 0 Å². The van der Waals surface area contributed by atoms with E-state index >= 15 is 0 Å². The highest BCUT2D eigenvalue weighted by Gasteiger charge is 2.58. The average Bonchev–Trinajstić information content (AvgIpc) is 3.15. The zero-order chi connectivity index (χ0) is 25.5. The lowest BCUT2D eigenvalue weighted by molar-refractivity contribution is -0.0249. The fourth-order valence-corrected chi connectivity index (χ4v) is 9.41. The van der Waals surface area contributed by atoms with Crippen LogP contribution in [0.4, 0.5) is 0 Å². The Kier molecular flexibility index (Phi) is 8.34. The fraction of sp³-hybridized carbons (Fsp3) is 0.879. The van der Waals surface area contributed by atoms with Crippen molar-refractivity contribution in [2.45, 2.75) is 105 Å². The lowest BCUT2D eigenvalue weighted by atomic mass is 9.47. The molecule has 2 nitrogen and oxygen atoms in total. The van der Waals surface area contributed by atoms with Crippen LogP contribution in [0.2, 0.25) is 0 Å². The molecule has 0 aliphatic heterocycles. The Morgan fingerprint density at radius 2 is 1.66 bits per heavy atom. The van der Waals surface area contributed by atoms with Crippen molar-refractivity contribution in [3.05, 3.63) is 23.3 Å². The zero-order valence-corrected chi connectivity index (χ0v) is 24.9. The van der Waals surface area contributed by atoms with E-state index in [0.29, 0.717) is 16.7 Å². The Hall–Kier alpha value is -0.600. The Morgan fingerprint density at radius 1 is 0.971 bits per heavy atom. The van der Waals surface area contributed by atoms with E-state index < -0.39 is 0 Å². The van der Waals surface area contributed by atoms with Crippen molar-refractivity contribution in [3.8, 4) is 0 Å². The van der Waals surface area contributed by atoms with Crippen LogP contribution in [0.3, 0.4) is 0 Å². The van der Waals surface area contributed by atoms with Crippen LogP contribution in [-0.2, 0) is 0 Å². The van der Waals surface area contributed by atoms with Gasteiger partial charge >= 0.3 is 0 Å². The monoisotopic (exact) mass is 482 g/mol. The minimum absolute atomic E-state index is 0.529. The first-order valence-electron chi connectivity index (χ1n) is 15.2. The highest BCUT2D eigenvalue weighted by atomic mass is 15.1. The molecule has 0 saturated heterocycles. The van der Waals surface area contributed by atoms with Crippen LogP contribution in [-0.4, -0.2) is 50.6 Å². The predicted molar refractivity (Wildman–Crippen MR) is 153 cm³/mol. The summed E-state index contributed by atoms with van der Waals surface area (Å²) in [5.74, 6) is 5.00. The maximum Gasteiger partial charge on any atom is 0.00923 e. The van der Waals surface area contributed by atoms with Gasteiger partial charge in [0.05, 0.1) is 0 Å². The Balaban J connectivity index is 1.47. The molecule has 0 bridgehead atoms. The Morgan fingerprint density at radius 3 is 2.31 bits per heavy atom. The molecule has 35 heavy (non-hydrogen) atoms. The third-order valence-electron chi connectivity index (χ3n) is 11.9. The summed E-state index contributed by atoms with van der Waals surface area (Å²) in [7, 11) is 9.00. The summed E-state index contributed by atoms with van der Waals surface area (Å²) in [5, 5.41) is 0.